The molecule has 0 aromatic heterocycles. The highest BCUT2D eigenvalue weighted by molar-refractivity contribution is 5.64. The van der Waals surface area contributed by atoms with E-state index in [9.17, 15) is 4.39 Å². The van der Waals surface area contributed by atoms with Gasteiger partial charge >= 0.3 is 0 Å². The number of benzene rings is 2. The predicted octanol–water partition coefficient (Wildman–Crippen LogP) is 9.45. The van der Waals surface area contributed by atoms with Gasteiger partial charge in [0.25, 0.3) is 0 Å². The van der Waals surface area contributed by atoms with Crippen LogP contribution in [0.25, 0.3) is 11.1 Å². The Labute approximate surface area is 189 Å². The smallest absolute Gasteiger partial charge is 0.0894 e. The van der Waals surface area contributed by atoms with E-state index in [0.717, 1.165) is 30.6 Å². The van der Waals surface area contributed by atoms with Crippen LogP contribution in [0.15, 0.2) is 48.5 Å². The minimum absolute atomic E-state index is 0.150. The van der Waals surface area contributed by atoms with Crippen LogP contribution in [0.3, 0.4) is 0 Å². The largest absolute Gasteiger partial charge is 0.251 e. The summed E-state index contributed by atoms with van der Waals surface area (Å²) in [6.45, 7) is 2.17. The van der Waals surface area contributed by atoms with E-state index < -0.39 is 0 Å². The van der Waals surface area contributed by atoms with Crippen molar-refractivity contribution in [3.05, 3.63) is 59.7 Å². The van der Waals surface area contributed by atoms with Gasteiger partial charge in [0.2, 0.25) is 0 Å². The normalized spacial score (nSPS) is 26.6. The Bertz CT molecular complexity index is 759. The Hall–Kier alpha value is -1.63. The van der Waals surface area contributed by atoms with Crippen LogP contribution in [-0.2, 0) is 0 Å². The highest BCUT2D eigenvalue weighted by atomic mass is 19.1. The second kappa shape index (κ2) is 11.3. The lowest BCUT2D eigenvalue weighted by Crippen LogP contribution is -2.13. The lowest BCUT2D eigenvalue weighted by atomic mass is 9.77. The van der Waals surface area contributed by atoms with Gasteiger partial charge in [-0.3, -0.25) is 4.39 Å². The van der Waals surface area contributed by atoms with Crippen LogP contribution in [0.2, 0.25) is 0 Å². The van der Waals surface area contributed by atoms with Crippen molar-refractivity contribution in [1.82, 2.24) is 0 Å². The van der Waals surface area contributed by atoms with Crippen molar-refractivity contribution >= 4 is 0 Å². The van der Waals surface area contributed by atoms with Gasteiger partial charge in [-0.2, -0.15) is 0 Å². The molecule has 0 amide bonds. The monoisotopic (exact) mass is 420 g/mol. The third-order valence-electron chi connectivity index (χ3n) is 8.23. The van der Waals surface area contributed by atoms with Crippen LogP contribution in [0.4, 0.5) is 4.39 Å². The first-order valence-electron chi connectivity index (χ1n) is 13.0. The van der Waals surface area contributed by atoms with Crippen LogP contribution < -0.4 is 0 Å². The molecule has 2 aromatic carbocycles. The molecule has 0 bridgehead atoms. The third-order valence-corrected chi connectivity index (χ3v) is 8.23. The van der Waals surface area contributed by atoms with Gasteiger partial charge in [0, 0.05) is 0 Å². The number of hydrogen-bond acceptors (Lipinski definition) is 0. The fourth-order valence-electron chi connectivity index (χ4n) is 6.24. The molecule has 0 atom stereocenters. The summed E-state index contributed by atoms with van der Waals surface area (Å²) in [7, 11) is 0. The standard InChI is InChI=1S/C30H41F/c1-2-4-23-6-10-25(11-7-23)27-14-18-29(19-15-27)30-20-16-28(17-21-30)26-12-8-24(9-13-26)5-3-22-31/h14-21,23-26H,2-13,22H2,1H3. The summed E-state index contributed by atoms with van der Waals surface area (Å²) in [4.78, 5) is 0. The van der Waals surface area contributed by atoms with Crippen molar-refractivity contribution in [2.24, 2.45) is 11.8 Å². The van der Waals surface area contributed by atoms with Gasteiger partial charge in [0.15, 0.2) is 0 Å². The minimum atomic E-state index is -0.150. The Morgan fingerprint density at radius 1 is 0.613 bits per heavy atom. The molecule has 1 heteroatoms. The van der Waals surface area contributed by atoms with Crippen molar-refractivity contribution in [3.8, 4) is 11.1 Å². The average Bonchev–Trinajstić information content (AvgIpc) is 2.84. The Balaban J connectivity index is 1.31. The van der Waals surface area contributed by atoms with Crippen LogP contribution in [0.5, 0.6) is 0 Å². The van der Waals surface area contributed by atoms with Crippen LogP contribution in [-0.4, -0.2) is 6.67 Å². The van der Waals surface area contributed by atoms with E-state index >= 15 is 0 Å². The van der Waals surface area contributed by atoms with Crippen molar-refractivity contribution in [2.45, 2.75) is 95.8 Å². The summed E-state index contributed by atoms with van der Waals surface area (Å²) >= 11 is 0. The Kier molecular flexibility index (Phi) is 8.22. The number of alkyl halides is 1. The predicted molar refractivity (Wildman–Crippen MR) is 131 cm³/mol. The highest BCUT2D eigenvalue weighted by Gasteiger charge is 2.23. The maximum absolute atomic E-state index is 12.4. The molecule has 2 fully saturated rings. The van der Waals surface area contributed by atoms with Gasteiger partial charge < -0.3 is 0 Å². The fraction of sp³-hybridized carbons (Fsp3) is 0.600. The lowest BCUT2D eigenvalue weighted by molar-refractivity contribution is 0.293. The second-order valence-electron chi connectivity index (χ2n) is 10.3. The van der Waals surface area contributed by atoms with Gasteiger partial charge in [-0.25, -0.2) is 0 Å². The molecule has 31 heavy (non-hydrogen) atoms. The minimum Gasteiger partial charge on any atom is -0.251 e. The quantitative estimate of drug-likeness (QED) is 0.399. The summed E-state index contributed by atoms with van der Waals surface area (Å²) in [5.41, 5.74) is 5.71. The number of rotatable bonds is 8. The molecular weight excluding hydrogens is 379 g/mol. The topological polar surface area (TPSA) is 0 Å². The molecule has 0 heterocycles. The molecule has 168 valence electrons. The van der Waals surface area contributed by atoms with Crippen LogP contribution in [0.1, 0.15) is 107 Å². The molecule has 0 unspecified atom stereocenters. The first kappa shape index (κ1) is 22.6. The first-order chi connectivity index (χ1) is 15.3. The van der Waals surface area contributed by atoms with Crippen LogP contribution >= 0.6 is 0 Å². The SMILES string of the molecule is CCCC1CCC(c2ccc(-c3ccc(C4CCC(CCCF)CC4)cc3)cc2)CC1. The summed E-state index contributed by atoms with van der Waals surface area (Å²) < 4.78 is 12.4. The van der Waals surface area contributed by atoms with E-state index in [1.807, 2.05) is 0 Å². The number of halogens is 1. The molecule has 2 aliphatic carbocycles. The molecule has 2 aromatic rings. The molecule has 2 aliphatic rings. The summed E-state index contributed by atoms with van der Waals surface area (Å²) in [5, 5.41) is 0. The van der Waals surface area contributed by atoms with E-state index in [4.69, 9.17) is 0 Å². The van der Waals surface area contributed by atoms with Gasteiger partial charge in [-0.15, -0.1) is 0 Å². The molecule has 0 spiro atoms. The zero-order chi connectivity index (χ0) is 21.5. The summed E-state index contributed by atoms with van der Waals surface area (Å²) in [6.07, 6.45) is 15.2. The number of hydrogen-bond donors (Lipinski definition) is 0. The maximum atomic E-state index is 12.4. The van der Waals surface area contributed by atoms with Crippen molar-refractivity contribution < 1.29 is 4.39 Å². The van der Waals surface area contributed by atoms with E-state index in [1.54, 1.807) is 5.56 Å². The maximum Gasteiger partial charge on any atom is 0.0894 e. The summed E-state index contributed by atoms with van der Waals surface area (Å²) in [6, 6.07) is 18.8. The van der Waals surface area contributed by atoms with Crippen molar-refractivity contribution in [3.63, 3.8) is 0 Å². The van der Waals surface area contributed by atoms with E-state index in [0.29, 0.717) is 5.92 Å². The Morgan fingerprint density at radius 2 is 1.03 bits per heavy atom. The van der Waals surface area contributed by atoms with Gasteiger partial charge in [0.05, 0.1) is 6.67 Å². The molecule has 0 nitrogen and oxygen atoms in total. The summed E-state index contributed by atoms with van der Waals surface area (Å²) in [5.74, 6) is 3.20. The Morgan fingerprint density at radius 3 is 1.42 bits per heavy atom. The molecular formula is C30H41F. The molecule has 0 aliphatic heterocycles. The zero-order valence-electron chi connectivity index (χ0n) is 19.5. The molecule has 0 N–H and O–H groups in total. The fourth-order valence-corrected chi connectivity index (χ4v) is 6.24. The molecule has 0 radical (unpaired) electrons. The second-order valence-corrected chi connectivity index (χ2v) is 10.3. The van der Waals surface area contributed by atoms with Gasteiger partial charge in [0.1, 0.15) is 0 Å². The highest BCUT2D eigenvalue weighted by Crippen LogP contribution is 2.39. The molecule has 4 rings (SSSR count). The van der Waals surface area contributed by atoms with Crippen molar-refractivity contribution in [1.29, 1.82) is 0 Å². The van der Waals surface area contributed by atoms with Gasteiger partial charge in [-0.05, 0) is 110 Å². The van der Waals surface area contributed by atoms with E-state index in [1.165, 1.54) is 80.9 Å². The molecule has 2 saturated carbocycles. The van der Waals surface area contributed by atoms with Gasteiger partial charge in [-0.1, -0.05) is 68.3 Å². The first-order valence-corrected chi connectivity index (χ1v) is 13.0. The molecule has 0 saturated heterocycles. The lowest BCUT2D eigenvalue weighted by Gasteiger charge is -2.29. The van der Waals surface area contributed by atoms with E-state index in [-0.39, 0.29) is 6.67 Å². The van der Waals surface area contributed by atoms with Crippen LogP contribution in [0, 0.1) is 11.8 Å². The zero-order valence-corrected chi connectivity index (χ0v) is 19.5. The van der Waals surface area contributed by atoms with E-state index in [2.05, 4.69) is 55.5 Å². The third kappa shape index (κ3) is 5.99. The average molecular weight is 421 g/mol. The van der Waals surface area contributed by atoms with Crippen molar-refractivity contribution in [2.75, 3.05) is 6.67 Å².